The molecule has 0 aliphatic carbocycles. The minimum absolute atomic E-state index is 0.0123. The van der Waals surface area contributed by atoms with Crippen molar-refractivity contribution in [3.63, 3.8) is 0 Å². The van der Waals surface area contributed by atoms with Crippen molar-refractivity contribution in [2.75, 3.05) is 26.2 Å². The maximum atomic E-state index is 11.8. The number of hydrogen-bond acceptors (Lipinski definition) is 3. The van der Waals surface area contributed by atoms with E-state index in [4.69, 9.17) is 5.11 Å². The van der Waals surface area contributed by atoms with E-state index >= 15 is 0 Å². The Morgan fingerprint density at radius 2 is 1.81 bits per heavy atom. The molecule has 120 valence electrons. The molecule has 1 fully saturated rings. The summed E-state index contributed by atoms with van der Waals surface area (Å²) in [6.07, 6.45) is 3.90. The molecule has 1 atom stereocenters. The largest absolute Gasteiger partial charge is 0.481 e. The molecule has 1 saturated heterocycles. The molecule has 0 aromatic carbocycles. The van der Waals surface area contributed by atoms with Crippen LogP contribution in [0.25, 0.3) is 0 Å². The van der Waals surface area contributed by atoms with Crippen molar-refractivity contribution in [1.82, 2.24) is 15.5 Å². The minimum atomic E-state index is -0.871. The van der Waals surface area contributed by atoms with Crippen LogP contribution in [0.15, 0.2) is 0 Å². The van der Waals surface area contributed by atoms with Crippen LogP contribution in [-0.2, 0) is 9.59 Å². The Hall–Kier alpha value is -1.79. The molecule has 21 heavy (non-hydrogen) atoms. The third-order valence-corrected chi connectivity index (χ3v) is 3.70. The predicted molar refractivity (Wildman–Crippen MR) is 77.9 cm³/mol. The van der Waals surface area contributed by atoms with Gasteiger partial charge in [0.05, 0.1) is 6.54 Å². The lowest BCUT2D eigenvalue weighted by Crippen LogP contribution is -2.46. The summed E-state index contributed by atoms with van der Waals surface area (Å²) < 4.78 is 0. The van der Waals surface area contributed by atoms with Crippen LogP contribution in [0.5, 0.6) is 0 Å². The van der Waals surface area contributed by atoms with E-state index in [-0.39, 0.29) is 24.8 Å². The molecule has 0 aromatic heterocycles. The number of rotatable bonds is 7. The lowest BCUT2D eigenvalue weighted by Gasteiger charge is -2.26. The lowest BCUT2D eigenvalue weighted by atomic mass is 10.0. The van der Waals surface area contributed by atoms with Gasteiger partial charge in [0.1, 0.15) is 0 Å². The number of nitrogens with zero attached hydrogens (tertiary/aromatic N) is 1. The molecule has 0 bridgehead atoms. The number of likely N-dealkylation sites (tertiary alicyclic amines) is 1. The number of carboxylic acids is 1. The maximum Gasteiger partial charge on any atom is 0.315 e. The van der Waals surface area contributed by atoms with Crippen molar-refractivity contribution in [1.29, 1.82) is 0 Å². The van der Waals surface area contributed by atoms with E-state index in [1.165, 1.54) is 0 Å². The second-order valence-electron chi connectivity index (χ2n) is 5.38. The molecule has 3 amide bonds. The van der Waals surface area contributed by atoms with Crippen LogP contribution < -0.4 is 10.6 Å². The Balaban J connectivity index is 2.20. The first-order chi connectivity index (χ1) is 10.0. The zero-order valence-electron chi connectivity index (χ0n) is 12.6. The molecule has 1 rings (SSSR count). The summed E-state index contributed by atoms with van der Waals surface area (Å²) in [6.45, 7) is 3.69. The molecule has 1 heterocycles. The highest BCUT2D eigenvalue weighted by Gasteiger charge is 2.17. The summed E-state index contributed by atoms with van der Waals surface area (Å²) in [5, 5.41) is 13.9. The Kier molecular flexibility index (Phi) is 7.56. The summed E-state index contributed by atoms with van der Waals surface area (Å²) in [7, 11) is 0. The molecule has 0 saturated carbocycles. The highest BCUT2D eigenvalue weighted by atomic mass is 16.4. The molecule has 3 N–H and O–H groups in total. The van der Waals surface area contributed by atoms with E-state index in [0.717, 1.165) is 32.4 Å². The number of piperidine rings is 1. The molecule has 0 aromatic rings. The van der Waals surface area contributed by atoms with Gasteiger partial charge >= 0.3 is 12.0 Å². The molecule has 1 aliphatic rings. The van der Waals surface area contributed by atoms with Gasteiger partial charge in [-0.25, -0.2) is 4.79 Å². The molecule has 0 spiro atoms. The van der Waals surface area contributed by atoms with Gasteiger partial charge < -0.3 is 20.6 Å². The Labute approximate surface area is 125 Å². The van der Waals surface area contributed by atoms with Crippen molar-refractivity contribution < 1.29 is 19.5 Å². The van der Waals surface area contributed by atoms with Crippen LogP contribution in [0.4, 0.5) is 4.79 Å². The topological polar surface area (TPSA) is 98.7 Å². The van der Waals surface area contributed by atoms with Crippen molar-refractivity contribution in [3.05, 3.63) is 0 Å². The molecule has 1 unspecified atom stereocenters. The number of carbonyl (C=O) groups excluding carboxylic acids is 2. The second-order valence-corrected chi connectivity index (χ2v) is 5.38. The smallest absolute Gasteiger partial charge is 0.315 e. The van der Waals surface area contributed by atoms with E-state index in [1.807, 2.05) is 6.92 Å². The van der Waals surface area contributed by atoms with Crippen LogP contribution in [-0.4, -0.2) is 54.1 Å². The summed E-state index contributed by atoms with van der Waals surface area (Å²) in [5.74, 6) is -1.03. The summed E-state index contributed by atoms with van der Waals surface area (Å²) in [5.41, 5.74) is 0. The average molecular weight is 299 g/mol. The predicted octanol–water partition coefficient (Wildman–Crippen LogP) is 0.799. The third kappa shape index (κ3) is 6.97. The van der Waals surface area contributed by atoms with E-state index < -0.39 is 12.0 Å². The van der Waals surface area contributed by atoms with Gasteiger partial charge in [-0.2, -0.15) is 0 Å². The first-order valence-corrected chi connectivity index (χ1v) is 7.54. The lowest BCUT2D eigenvalue weighted by molar-refractivity contribution is -0.138. The Morgan fingerprint density at radius 1 is 1.14 bits per heavy atom. The molecule has 7 heteroatoms. The number of aliphatic carboxylic acids is 1. The number of urea groups is 1. The van der Waals surface area contributed by atoms with Crippen LogP contribution in [0, 0.1) is 5.92 Å². The van der Waals surface area contributed by atoms with Crippen molar-refractivity contribution in [2.24, 2.45) is 5.92 Å². The van der Waals surface area contributed by atoms with Gasteiger partial charge in [-0.3, -0.25) is 9.59 Å². The van der Waals surface area contributed by atoms with E-state index in [0.29, 0.717) is 13.0 Å². The maximum absolute atomic E-state index is 11.8. The average Bonchev–Trinajstić information content (AvgIpc) is 2.49. The zero-order chi connectivity index (χ0) is 15.7. The fourth-order valence-electron chi connectivity index (χ4n) is 2.32. The van der Waals surface area contributed by atoms with Crippen molar-refractivity contribution in [3.8, 4) is 0 Å². The van der Waals surface area contributed by atoms with Gasteiger partial charge in [-0.05, 0) is 25.2 Å². The van der Waals surface area contributed by atoms with E-state index in [1.54, 1.807) is 4.90 Å². The summed E-state index contributed by atoms with van der Waals surface area (Å²) >= 11 is 0. The van der Waals surface area contributed by atoms with Crippen LogP contribution in [0.1, 0.15) is 39.0 Å². The number of hydrogen-bond donors (Lipinski definition) is 3. The number of nitrogens with one attached hydrogen (secondary N) is 2. The van der Waals surface area contributed by atoms with Crippen LogP contribution in [0.3, 0.4) is 0 Å². The highest BCUT2D eigenvalue weighted by molar-refractivity contribution is 5.84. The summed E-state index contributed by atoms with van der Waals surface area (Å²) in [6, 6.07) is -0.427. The SMILES string of the molecule is CCC(CNC(=O)NCC(=O)N1CCCCC1)CC(=O)O. The van der Waals surface area contributed by atoms with Crippen LogP contribution in [0.2, 0.25) is 0 Å². The second kappa shape index (κ2) is 9.20. The highest BCUT2D eigenvalue weighted by Crippen LogP contribution is 2.08. The monoisotopic (exact) mass is 299 g/mol. The Bertz CT molecular complexity index is 367. The van der Waals surface area contributed by atoms with Crippen molar-refractivity contribution >= 4 is 17.9 Å². The van der Waals surface area contributed by atoms with Gasteiger partial charge in [-0.1, -0.05) is 13.3 Å². The molecule has 1 aliphatic heterocycles. The quantitative estimate of drug-likeness (QED) is 0.647. The van der Waals surface area contributed by atoms with Gasteiger partial charge in [0, 0.05) is 26.1 Å². The Morgan fingerprint density at radius 3 is 2.38 bits per heavy atom. The molecule has 7 nitrogen and oxygen atoms in total. The minimum Gasteiger partial charge on any atom is -0.481 e. The van der Waals surface area contributed by atoms with Gasteiger partial charge in [-0.15, -0.1) is 0 Å². The summed E-state index contributed by atoms with van der Waals surface area (Å²) in [4.78, 5) is 35.8. The molecular weight excluding hydrogens is 274 g/mol. The standard InChI is InChI=1S/C14H25N3O4/c1-2-11(8-13(19)20)9-15-14(21)16-10-12(18)17-6-4-3-5-7-17/h11H,2-10H2,1H3,(H,19,20)(H2,15,16,21). The normalized spacial score (nSPS) is 16.1. The first kappa shape index (κ1) is 17.3. The number of carbonyl (C=O) groups is 3. The first-order valence-electron chi connectivity index (χ1n) is 7.54. The van der Waals surface area contributed by atoms with Gasteiger partial charge in [0.15, 0.2) is 0 Å². The van der Waals surface area contributed by atoms with Gasteiger partial charge in [0.25, 0.3) is 0 Å². The van der Waals surface area contributed by atoms with Crippen molar-refractivity contribution in [2.45, 2.75) is 39.0 Å². The van der Waals surface area contributed by atoms with Gasteiger partial charge in [0.2, 0.25) is 5.91 Å². The fraction of sp³-hybridized carbons (Fsp3) is 0.786. The fourth-order valence-corrected chi connectivity index (χ4v) is 2.32. The number of amides is 3. The molecular formula is C14H25N3O4. The zero-order valence-corrected chi connectivity index (χ0v) is 12.6. The number of carboxylic acid groups (broad SMARTS) is 1. The van der Waals surface area contributed by atoms with E-state index in [2.05, 4.69) is 10.6 Å². The van der Waals surface area contributed by atoms with E-state index in [9.17, 15) is 14.4 Å². The van der Waals surface area contributed by atoms with Crippen LogP contribution >= 0.6 is 0 Å². The third-order valence-electron chi connectivity index (χ3n) is 3.70. The molecule has 0 radical (unpaired) electrons.